The van der Waals surface area contributed by atoms with Crippen molar-refractivity contribution in [2.45, 2.75) is 54.1 Å². The van der Waals surface area contributed by atoms with Gasteiger partial charge in [0.15, 0.2) is 0 Å². The molecular weight excluding hydrogens is 561 g/mol. The van der Waals surface area contributed by atoms with Crippen molar-refractivity contribution in [3.63, 3.8) is 0 Å². The minimum absolute atomic E-state index is 0.529. The molecule has 0 bridgehead atoms. The molecule has 0 N–H and O–H groups in total. The van der Waals surface area contributed by atoms with Crippen LogP contribution in [0.4, 0.5) is 0 Å². The lowest BCUT2D eigenvalue weighted by molar-refractivity contribution is -0.145. The Bertz CT molecular complexity index is 1410. The fourth-order valence-corrected chi connectivity index (χ4v) is 5.37. The normalized spacial score (nSPS) is 12.7. The standard InChI is InChI=1S/C14H12N2S.C11H11NO2.C9H13NS/c1-14(15-2,12-8-4-3-5-9-12)17-13-10-6-7-11-16-13;1-11(12-2,10(13)14-3)9-7-5-4-6-8-9;1-2-3-8-11-9-6-4-5-7-10-9/h3-11H,1H3;4-8H,1,3H3;4-7H,2-3,8H2,1H3. The number of nitrogens with zero attached hydrogens (tertiary/aromatic N) is 4. The molecule has 2 atom stereocenters. The fraction of sp³-hybridized carbons (Fsp3) is 0.265. The Morgan fingerprint density at radius 3 is 1.76 bits per heavy atom. The van der Waals surface area contributed by atoms with Crippen molar-refractivity contribution in [3.8, 4) is 0 Å². The van der Waals surface area contributed by atoms with Gasteiger partial charge in [-0.1, -0.05) is 74.0 Å². The van der Waals surface area contributed by atoms with Crippen LogP contribution in [0.25, 0.3) is 9.69 Å². The Kier molecular flexibility index (Phi) is 14.9. The molecule has 2 aromatic heterocycles. The fourth-order valence-electron chi connectivity index (χ4n) is 3.45. The molecule has 6 nitrogen and oxygen atoms in total. The van der Waals surface area contributed by atoms with Crippen LogP contribution in [-0.2, 0) is 19.9 Å². The summed E-state index contributed by atoms with van der Waals surface area (Å²) in [6.07, 6.45) is 6.13. The van der Waals surface area contributed by atoms with Crippen molar-refractivity contribution < 1.29 is 9.53 Å². The van der Waals surface area contributed by atoms with Gasteiger partial charge in [0.2, 0.25) is 0 Å². The number of rotatable bonds is 9. The largest absolute Gasteiger partial charge is 0.463 e. The van der Waals surface area contributed by atoms with E-state index in [2.05, 4.69) is 37.4 Å². The Morgan fingerprint density at radius 2 is 1.31 bits per heavy atom. The van der Waals surface area contributed by atoms with E-state index in [1.807, 2.05) is 91.6 Å². The predicted molar refractivity (Wildman–Crippen MR) is 173 cm³/mol. The van der Waals surface area contributed by atoms with Gasteiger partial charge in [-0.15, -0.1) is 11.8 Å². The third kappa shape index (κ3) is 10.7. The molecule has 2 unspecified atom stereocenters. The molecule has 0 aliphatic heterocycles. The van der Waals surface area contributed by atoms with Crippen molar-refractivity contribution >= 4 is 29.5 Å². The summed E-state index contributed by atoms with van der Waals surface area (Å²) in [5.74, 6) is 0.659. The quantitative estimate of drug-likeness (QED) is 0.0832. The van der Waals surface area contributed by atoms with E-state index in [4.69, 9.17) is 13.1 Å². The molecule has 2 aromatic carbocycles. The van der Waals surface area contributed by atoms with Crippen molar-refractivity contribution in [3.05, 3.63) is 143 Å². The van der Waals surface area contributed by atoms with Gasteiger partial charge in [0, 0.05) is 37.4 Å². The lowest BCUT2D eigenvalue weighted by Gasteiger charge is -2.15. The number of methoxy groups -OCH3 is 1. The third-order valence-electron chi connectivity index (χ3n) is 5.99. The average Bonchev–Trinajstić information content (AvgIpc) is 3.06. The molecular formula is C34H36N4O2S2. The molecule has 0 saturated heterocycles. The molecule has 0 radical (unpaired) electrons. The van der Waals surface area contributed by atoms with E-state index in [-0.39, 0.29) is 0 Å². The van der Waals surface area contributed by atoms with Crippen molar-refractivity contribution in [2.75, 3.05) is 12.9 Å². The number of esters is 1. The highest BCUT2D eigenvalue weighted by Gasteiger charge is 2.43. The highest BCUT2D eigenvalue weighted by molar-refractivity contribution is 8.00. The van der Waals surface area contributed by atoms with Gasteiger partial charge in [-0.05, 0) is 60.3 Å². The zero-order valence-corrected chi connectivity index (χ0v) is 26.1. The summed E-state index contributed by atoms with van der Waals surface area (Å²) in [6, 6.07) is 30.5. The lowest BCUT2D eigenvalue weighted by atomic mass is 9.93. The Morgan fingerprint density at radius 1 is 0.786 bits per heavy atom. The third-order valence-corrected chi connectivity index (χ3v) is 8.20. The van der Waals surface area contributed by atoms with Crippen molar-refractivity contribution in [1.82, 2.24) is 9.97 Å². The summed E-state index contributed by atoms with van der Waals surface area (Å²) in [4.78, 5) is 26.4. The lowest BCUT2D eigenvalue weighted by Crippen LogP contribution is -2.29. The maximum Gasteiger partial charge on any atom is 0.397 e. The smallest absolute Gasteiger partial charge is 0.397 e. The number of benzene rings is 2. The number of hydrogen-bond donors (Lipinski definition) is 0. The summed E-state index contributed by atoms with van der Waals surface area (Å²) in [6.45, 7) is 20.2. The second kappa shape index (κ2) is 18.3. The first kappa shape index (κ1) is 34.1. The van der Waals surface area contributed by atoms with Crippen LogP contribution in [0.3, 0.4) is 0 Å². The molecule has 0 amide bonds. The summed E-state index contributed by atoms with van der Waals surface area (Å²) < 4.78 is 4.61. The average molecular weight is 597 g/mol. The van der Waals surface area contributed by atoms with Gasteiger partial charge in [-0.3, -0.25) is 9.69 Å². The van der Waals surface area contributed by atoms with Crippen LogP contribution in [-0.4, -0.2) is 28.8 Å². The SMILES string of the molecule is CCCCSc1ccccn1.[C-]#[N+]C(C)(C(=O)OC)c1ccccc1.[C-]#[N+]C(C)(Sc1ccccn1)c1ccccc1. The maximum atomic E-state index is 11.4. The van der Waals surface area contributed by atoms with E-state index in [9.17, 15) is 4.79 Å². The Hall–Kier alpha value is -4.11. The minimum Gasteiger partial charge on any atom is -0.463 e. The van der Waals surface area contributed by atoms with E-state index in [0.717, 1.165) is 15.6 Å². The molecule has 4 aromatic rings. The molecule has 0 aliphatic rings. The molecule has 216 valence electrons. The number of carbonyl (C=O) groups is 1. The molecule has 8 heteroatoms. The molecule has 0 spiro atoms. The zero-order chi connectivity index (χ0) is 30.7. The second-order valence-corrected chi connectivity index (χ2v) is 11.7. The molecule has 4 rings (SSSR count). The monoisotopic (exact) mass is 596 g/mol. The summed E-state index contributed by atoms with van der Waals surface area (Å²) in [7, 11) is 1.29. The number of pyridine rings is 2. The van der Waals surface area contributed by atoms with E-state index in [1.54, 1.807) is 37.4 Å². The highest BCUT2D eigenvalue weighted by atomic mass is 32.2. The predicted octanol–water partition coefficient (Wildman–Crippen LogP) is 8.93. The van der Waals surface area contributed by atoms with Crippen LogP contribution in [0.5, 0.6) is 0 Å². The number of unbranched alkanes of at least 4 members (excludes halogenated alkanes) is 1. The van der Waals surface area contributed by atoms with Crippen LogP contribution < -0.4 is 0 Å². The maximum absolute atomic E-state index is 11.4. The van der Waals surface area contributed by atoms with Gasteiger partial charge in [-0.2, -0.15) is 0 Å². The molecule has 2 heterocycles. The molecule has 0 fully saturated rings. The topological polar surface area (TPSA) is 60.8 Å². The Labute approximate surface area is 258 Å². The van der Waals surface area contributed by atoms with E-state index in [0.29, 0.717) is 5.56 Å². The van der Waals surface area contributed by atoms with Crippen LogP contribution >= 0.6 is 23.5 Å². The first-order valence-electron chi connectivity index (χ1n) is 13.4. The van der Waals surface area contributed by atoms with Crippen LogP contribution in [0.2, 0.25) is 0 Å². The molecule has 0 aliphatic carbocycles. The van der Waals surface area contributed by atoms with Crippen molar-refractivity contribution in [2.24, 2.45) is 0 Å². The van der Waals surface area contributed by atoms with Gasteiger partial charge >= 0.3 is 16.4 Å². The number of hydrogen-bond acceptors (Lipinski definition) is 6. The van der Waals surface area contributed by atoms with E-state index >= 15 is 0 Å². The number of thioether (sulfide) groups is 2. The van der Waals surface area contributed by atoms with Gasteiger partial charge in [0.25, 0.3) is 0 Å². The van der Waals surface area contributed by atoms with Gasteiger partial charge in [0.05, 0.1) is 12.1 Å². The molecule has 0 saturated carbocycles. The highest BCUT2D eigenvalue weighted by Crippen LogP contribution is 2.41. The molecule has 42 heavy (non-hydrogen) atoms. The minimum atomic E-state index is -1.23. The van der Waals surface area contributed by atoms with Gasteiger partial charge in [0.1, 0.15) is 5.03 Å². The van der Waals surface area contributed by atoms with E-state index < -0.39 is 16.4 Å². The summed E-state index contributed by atoms with van der Waals surface area (Å²) in [5, 5.41) is 2.01. The summed E-state index contributed by atoms with van der Waals surface area (Å²) in [5.41, 5.74) is 0.434. The van der Waals surface area contributed by atoms with Crippen LogP contribution in [0.1, 0.15) is 44.7 Å². The van der Waals surface area contributed by atoms with E-state index in [1.165, 1.54) is 37.5 Å². The zero-order valence-electron chi connectivity index (χ0n) is 24.4. The number of aromatic nitrogens is 2. The number of ether oxygens (including phenoxy) is 1. The van der Waals surface area contributed by atoms with Crippen LogP contribution in [0, 0.1) is 13.1 Å². The first-order chi connectivity index (χ1) is 20.3. The second-order valence-electron chi connectivity index (χ2n) is 9.14. The Balaban J connectivity index is 0.000000226. The first-order valence-corrected chi connectivity index (χ1v) is 15.2. The van der Waals surface area contributed by atoms with Gasteiger partial charge in [-0.25, -0.2) is 27.9 Å². The summed E-state index contributed by atoms with van der Waals surface area (Å²) >= 11 is 3.31. The number of carbonyl (C=O) groups excluding carboxylic acids is 1. The van der Waals surface area contributed by atoms with Gasteiger partial charge < -0.3 is 4.74 Å². The van der Waals surface area contributed by atoms with Crippen molar-refractivity contribution in [1.29, 1.82) is 0 Å². The van der Waals surface area contributed by atoms with Crippen LogP contribution in [0.15, 0.2) is 120 Å².